The predicted molar refractivity (Wildman–Crippen MR) is 158 cm³/mol. The summed E-state index contributed by atoms with van der Waals surface area (Å²) in [4.78, 5) is 40.5. The van der Waals surface area contributed by atoms with E-state index in [1.807, 2.05) is 0 Å². The van der Waals surface area contributed by atoms with Crippen molar-refractivity contribution in [2.45, 2.75) is 57.0 Å². The van der Waals surface area contributed by atoms with Crippen LogP contribution in [-0.2, 0) is 37.2 Å². The number of carbonyl (C=O) groups is 3. The normalized spacial score (nSPS) is 15.3. The minimum Gasteiger partial charge on any atom is -0.491 e. The van der Waals surface area contributed by atoms with Crippen LogP contribution < -0.4 is 32.7 Å². The van der Waals surface area contributed by atoms with Gasteiger partial charge in [0, 0.05) is 39.0 Å². The lowest BCUT2D eigenvalue weighted by molar-refractivity contribution is -0.137. The molecule has 15 heteroatoms. The molecule has 3 rings (SSSR count). The van der Waals surface area contributed by atoms with Gasteiger partial charge in [-0.15, -0.1) is 0 Å². The summed E-state index contributed by atoms with van der Waals surface area (Å²) in [5, 5.41) is 12.7. The second kappa shape index (κ2) is 15.0. The number of nitrogens with one attached hydrogen (secondary N) is 1. The first-order valence-electron chi connectivity index (χ1n) is 14.2. The van der Waals surface area contributed by atoms with Crippen molar-refractivity contribution in [3.8, 4) is 5.75 Å². The Balaban J connectivity index is 1.72. The monoisotopic (exact) mass is 621 g/mol. The Morgan fingerprint density at radius 2 is 1.73 bits per heavy atom. The third-order valence-corrected chi connectivity index (χ3v) is 7.28. The maximum atomic E-state index is 13.5. The van der Waals surface area contributed by atoms with Crippen LogP contribution in [0.1, 0.15) is 43.4 Å². The van der Waals surface area contributed by atoms with Crippen molar-refractivity contribution >= 4 is 30.2 Å². The van der Waals surface area contributed by atoms with Gasteiger partial charge >= 0.3 is 13.3 Å². The number of ketones is 1. The first-order valence-corrected chi connectivity index (χ1v) is 14.2. The molecule has 0 aromatic heterocycles. The summed E-state index contributed by atoms with van der Waals surface area (Å²) in [7, 11) is -1.10. The van der Waals surface area contributed by atoms with Gasteiger partial charge in [0.25, 0.3) is 0 Å². The molecule has 0 unspecified atom stereocenters. The summed E-state index contributed by atoms with van der Waals surface area (Å²) in [5.41, 5.74) is 17.4. The average Bonchev–Trinajstić information content (AvgIpc) is 3.20. The molecule has 8 N–H and O–H groups in total. The van der Waals surface area contributed by atoms with Gasteiger partial charge in [0.2, 0.25) is 11.8 Å². The first kappa shape index (κ1) is 35.0. The maximum Gasteiger partial charge on any atom is 0.492 e. The first-order chi connectivity index (χ1) is 20.7. The van der Waals surface area contributed by atoms with Gasteiger partial charge in [0.1, 0.15) is 18.4 Å². The van der Waals surface area contributed by atoms with Crippen molar-refractivity contribution in [1.82, 2.24) is 10.2 Å². The second-order valence-corrected chi connectivity index (χ2v) is 11.0. The van der Waals surface area contributed by atoms with Gasteiger partial charge in [0.15, 0.2) is 5.78 Å². The summed E-state index contributed by atoms with van der Waals surface area (Å²) in [6.45, 7) is 4.28. The molecule has 0 fully saturated rings. The smallest absolute Gasteiger partial charge is 0.491 e. The highest BCUT2D eigenvalue weighted by molar-refractivity contribution is 6.61. The van der Waals surface area contributed by atoms with Gasteiger partial charge in [-0.2, -0.15) is 13.2 Å². The third kappa shape index (κ3) is 9.25. The Bertz CT molecular complexity index is 1310. The number of amides is 2. The number of hydrogen-bond acceptors (Lipinski definition) is 9. The molecule has 0 saturated heterocycles. The Hall–Kier alpha value is -3.50. The van der Waals surface area contributed by atoms with E-state index < -0.39 is 48.2 Å². The van der Waals surface area contributed by atoms with E-state index in [1.54, 1.807) is 32.0 Å². The summed E-state index contributed by atoms with van der Waals surface area (Å²) >= 11 is 0. The molecule has 1 aliphatic heterocycles. The quantitative estimate of drug-likeness (QED) is 0.173. The average molecular weight is 621 g/mol. The summed E-state index contributed by atoms with van der Waals surface area (Å²) in [6.07, 6.45) is -4.73. The third-order valence-electron chi connectivity index (χ3n) is 7.28. The topological polar surface area (TPSA) is 183 Å². The molecule has 2 amide bonds. The number of fused-ring (bicyclic) bond motifs is 1. The van der Waals surface area contributed by atoms with Gasteiger partial charge in [-0.1, -0.05) is 18.2 Å². The number of ether oxygens (including phenoxy) is 1. The summed E-state index contributed by atoms with van der Waals surface area (Å²) in [5.74, 6) is -1.37. The van der Waals surface area contributed by atoms with E-state index in [-0.39, 0.29) is 50.6 Å². The van der Waals surface area contributed by atoms with Crippen LogP contribution in [-0.4, -0.2) is 79.5 Å². The lowest BCUT2D eigenvalue weighted by Crippen LogP contribution is -2.51. The number of nitrogens with two attached hydrogens (primary N) is 3. The Morgan fingerprint density at radius 1 is 1.09 bits per heavy atom. The number of carbonyl (C=O) groups excluding carboxylic acids is 3. The lowest BCUT2D eigenvalue weighted by atomic mass is 9.77. The van der Waals surface area contributed by atoms with E-state index in [9.17, 15) is 32.6 Å². The van der Waals surface area contributed by atoms with Crippen molar-refractivity contribution in [3.05, 3.63) is 59.2 Å². The van der Waals surface area contributed by atoms with Gasteiger partial charge in [-0.25, -0.2) is 0 Å². The molecule has 240 valence electrons. The number of rotatable bonds is 15. The Labute approximate surface area is 254 Å². The van der Waals surface area contributed by atoms with Gasteiger partial charge < -0.3 is 41.8 Å². The van der Waals surface area contributed by atoms with Gasteiger partial charge in [-0.05, 0) is 61.1 Å². The zero-order valence-electron chi connectivity index (χ0n) is 24.7. The van der Waals surface area contributed by atoms with Crippen molar-refractivity contribution in [2.75, 3.05) is 32.8 Å². The largest absolute Gasteiger partial charge is 0.492 e. The second-order valence-electron chi connectivity index (χ2n) is 11.0. The molecule has 11 nitrogen and oxygen atoms in total. The van der Waals surface area contributed by atoms with Crippen molar-refractivity contribution < 1.29 is 42.0 Å². The Morgan fingerprint density at radius 3 is 2.32 bits per heavy atom. The molecule has 0 spiro atoms. The van der Waals surface area contributed by atoms with Gasteiger partial charge in [0.05, 0.1) is 17.2 Å². The van der Waals surface area contributed by atoms with Crippen molar-refractivity contribution in [3.63, 3.8) is 0 Å². The molecule has 0 saturated carbocycles. The molecular weight excluding hydrogens is 582 g/mol. The minimum absolute atomic E-state index is 0.0147. The van der Waals surface area contributed by atoms with Crippen LogP contribution in [0, 0.1) is 0 Å². The van der Waals surface area contributed by atoms with E-state index in [0.717, 1.165) is 24.3 Å². The number of benzene rings is 2. The number of nitrogens with zero attached hydrogens (tertiary/aromatic N) is 1. The number of hydrogen-bond donors (Lipinski definition) is 5. The molecule has 0 bridgehead atoms. The van der Waals surface area contributed by atoms with Gasteiger partial charge in [-0.3, -0.25) is 14.4 Å². The van der Waals surface area contributed by atoms with Crippen LogP contribution in [0.25, 0.3) is 0 Å². The zero-order chi connectivity index (χ0) is 32.7. The fraction of sp³-hybridized carbons (Fsp3) is 0.483. The highest BCUT2D eigenvalue weighted by atomic mass is 19.4. The molecule has 0 radical (unpaired) electrons. The highest BCUT2D eigenvalue weighted by Gasteiger charge is 2.40. The number of alkyl halides is 3. The molecule has 1 aliphatic rings. The highest BCUT2D eigenvalue weighted by Crippen LogP contribution is 2.31. The maximum absolute atomic E-state index is 13.5. The van der Waals surface area contributed by atoms with E-state index in [2.05, 4.69) is 5.32 Å². The molecule has 1 heterocycles. The zero-order valence-corrected chi connectivity index (χ0v) is 24.7. The molecular formula is C29H39BF3N5O6. The SMILES string of the molecule is CC1(C)OB(O)c2ccc(CC(=O)[C@@H](COc3ccc(C(F)(F)F)cc3)NC(=O)[C@@H](N)CCC(=O)N(CCN)CCN)cc21. The summed E-state index contributed by atoms with van der Waals surface area (Å²) < 4.78 is 50.0. The summed E-state index contributed by atoms with van der Waals surface area (Å²) in [6, 6.07) is 6.63. The van der Waals surface area contributed by atoms with Crippen LogP contribution in [0.3, 0.4) is 0 Å². The van der Waals surface area contributed by atoms with Crippen LogP contribution >= 0.6 is 0 Å². The molecule has 2 aromatic carbocycles. The van der Waals surface area contributed by atoms with E-state index in [4.69, 9.17) is 26.6 Å². The van der Waals surface area contributed by atoms with E-state index in [1.165, 1.54) is 4.90 Å². The fourth-order valence-electron chi connectivity index (χ4n) is 4.84. The van der Waals surface area contributed by atoms with E-state index >= 15 is 0 Å². The molecule has 44 heavy (non-hydrogen) atoms. The number of halogens is 3. The predicted octanol–water partition coefficient (Wildman–Crippen LogP) is 0.187. The van der Waals surface area contributed by atoms with Crippen LogP contribution in [0.4, 0.5) is 13.2 Å². The molecule has 2 atom stereocenters. The lowest BCUT2D eigenvalue weighted by Gasteiger charge is -2.23. The fourth-order valence-corrected chi connectivity index (χ4v) is 4.84. The van der Waals surface area contributed by atoms with Crippen molar-refractivity contribution in [2.24, 2.45) is 17.2 Å². The van der Waals surface area contributed by atoms with Crippen LogP contribution in [0.15, 0.2) is 42.5 Å². The standard InChI is InChI=1S/C29H39BF3N5O6/c1-28(2)21-15-18(3-8-22(21)30(42)44-28)16-25(39)24(17-43-20-6-4-19(5-7-20)29(31,32)33)37-27(41)23(36)9-10-26(40)38(13-11-34)14-12-35/h3-8,15,23-24,42H,9-14,16-17,34-36H2,1-2H3,(H,37,41)/t23-,24+/m0/s1. The van der Waals surface area contributed by atoms with Crippen LogP contribution in [0.2, 0.25) is 0 Å². The minimum atomic E-state index is -4.53. The molecule has 0 aliphatic carbocycles. The Kier molecular flexibility index (Phi) is 11.9. The number of Topliss-reactive ketones (excluding diaryl/α,β-unsaturated/α-hetero) is 1. The molecule has 2 aromatic rings. The van der Waals surface area contributed by atoms with Crippen molar-refractivity contribution in [1.29, 1.82) is 0 Å². The van der Waals surface area contributed by atoms with E-state index in [0.29, 0.717) is 29.7 Å². The van der Waals surface area contributed by atoms with Crippen LogP contribution in [0.5, 0.6) is 5.75 Å².